The van der Waals surface area contributed by atoms with E-state index in [1.54, 1.807) is 18.3 Å². The van der Waals surface area contributed by atoms with Crippen LogP contribution in [-0.2, 0) is 4.79 Å². The molecular formula is C13H17N3O3. The lowest BCUT2D eigenvalue weighted by Gasteiger charge is -2.29. The molecule has 1 saturated heterocycles. The van der Waals surface area contributed by atoms with E-state index < -0.39 is 5.97 Å². The first-order chi connectivity index (χ1) is 9.16. The molecule has 0 aromatic carbocycles. The summed E-state index contributed by atoms with van der Waals surface area (Å²) in [5.41, 5.74) is 0.530. The van der Waals surface area contributed by atoms with Gasteiger partial charge in [-0.2, -0.15) is 0 Å². The van der Waals surface area contributed by atoms with E-state index in [1.807, 2.05) is 4.90 Å². The van der Waals surface area contributed by atoms with Crippen LogP contribution in [0.3, 0.4) is 0 Å². The van der Waals surface area contributed by atoms with Crippen LogP contribution < -0.4 is 5.32 Å². The van der Waals surface area contributed by atoms with E-state index in [1.165, 1.54) is 6.20 Å². The Labute approximate surface area is 111 Å². The molecule has 1 amide bonds. The lowest BCUT2D eigenvalue weighted by molar-refractivity contribution is -0.143. The maximum atomic E-state index is 11.8. The first kappa shape index (κ1) is 13.5. The zero-order chi connectivity index (χ0) is 13.7. The number of nitrogens with one attached hydrogen (secondary N) is 1. The van der Waals surface area contributed by atoms with E-state index in [0.29, 0.717) is 38.2 Å². The molecule has 1 aliphatic heterocycles. The molecule has 1 aromatic rings. The fourth-order valence-electron chi connectivity index (χ4n) is 2.12. The number of rotatable bonds is 4. The van der Waals surface area contributed by atoms with Crippen LogP contribution in [0, 0.1) is 5.92 Å². The van der Waals surface area contributed by atoms with Gasteiger partial charge in [-0.15, -0.1) is 0 Å². The van der Waals surface area contributed by atoms with Crippen molar-refractivity contribution in [2.75, 3.05) is 19.8 Å². The topological polar surface area (TPSA) is 82.5 Å². The van der Waals surface area contributed by atoms with Crippen LogP contribution in [0.1, 0.15) is 23.2 Å². The van der Waals surface area contributed by atoms with Gasteiger partial charge < -0.3 is 10.4 Å². The molecule has 0 unspecified atom stereocenters. The van der Waals surface area contributed by atoms with Gasteiger partial charge >= 0.3 is 5.97 Å². The molecule has 6 nitrogen and oxygen atoms in total. The largest absolute Gasteiger partial charge is 0.481 e. The molecule has 0 saturated carbocycles. The standard InChI is InChI=1S/C13H17N3O3/c17-12(11-2-1-5-14-8-11)15-9-16-6-3-10(4-7-16)13(18)19/h1-2,5,8,10H,3-4,6-7,9H2,(H,15,17)(H,18,19). The number of carboxylic acids is 1. The zero-order valence-corrected chi connectivity index (χ0v) is 10.6. The van der Waals surface area contributed by atoms with E-state index in [9.17, 15) is 9.59 Å². The number of piperidine rings is 1. The monoisotopic (exact) mass is 263 g/mol. The highest BCUT2D eigenvalue weighted by atomic mass is 16.4. The van der Waals surface area contributed by atoms with E-state index in [-0.39, 0.29) is 11.8 Å². The maximum Gasteiger partial charge on any atom is 0.306 e. The molecule has 19 heavy (non-hydrogen) atoms. The Bertz CT molecular complexity index is 442. The van der Waals surface area contributed by atoms with Gasteiger partial charge in [0.2, 0.25) is 0 Å². The van der Waals surface area contributed by atoms with Gasteiger partial charge in [-0.25, -0.2) is 0 Å². The van der Waals surface area contributed by atoms with Crippen LogP contribution in [0.2, 0.25) is 0 Å². The van der Waals surface area contributed by atoms with Crippen LogP contribution in [0.15, 0.2) is 24.5 Å². The summed E-state index contributed by atoms with van der Waals surface area (Å²) in [6.45, 7) is 1.84. The van der Waals surface area contributed by atoms with Crippen molar-refractivity contribution in [3.8, 4) is 0 Å². The van der Waals surface area contributed by atoms with Gasteiger partial charge in [0.15, 0.2) is 0 Å². The molecule has 1 aliphatic rings. The summed E-state index contributed by atoms with van der Waals surface area (Å²) in [5, 5.41) is 11.7. The highest BCUT2D eigenvalue weighted by Gasteiger charge is 2.24. The first-order valence-corrected chi connectivity index (χ1v) is 6.30. The molecule has 0 bridgehead atoms. The summed E-state index contributed by atoms with van der Waals surface area (Å²) in [5.74, 6) is -1.13. The van der Waals surface area contributed by atoms with Crippen LogP contribution in [-0.4, -0.2) is 46.6 Å². The van der Waals surface area contributed by atoms with Crippen molar-refractivity contribution in [1.29, 1.82) is 0 Å². The molecule has 2 N–H and O–H groups in total. The minimum Gasteiger partial charge on any atom is -0.481 e. The quantitative estimate of drug-likeness (QED) is 0.829. The van der Waals surface area contributed by atoms with Crippen LogP contribution in [0.4, 0.5) is 0 Å². The average molecular weight is 263 g/mol. The van der Waals surface area contributed by atoms with Gasteiger partial charge in [0.25, 0.3) is 5.91 Å². The summed E-state index contributed by atoms with van der Waals surface area (Å²) in [7, 11) is 0. The Morgan fingerprint density at radius 2 is 2.16 bits per heavy atom. The summed E-state index contributed by atoms with van der Waals surface area (Å²) < 4.78 is 0. The van der Waals surface area contributed by atoms with Crippen molar-refractivity contribution in [2.24, 2.45) is 5.92 Å². The number of aliphatic carboxylic acids is 1. The molecule has 0 atom stereocenters. The van der Waals surface area contributed by atoms with E-state index in [2.05, 4.69) is 10.3 Å². The van der Waals surface area contributed by atoms with E-state index >= 15 is 0 Å². The van der Waals surface area contributed by atoms with Gasteiger partial charge in [-0.1, -0.05) is 0 Å². The van der Waals surface area contributed by atoms with Crippen LogP contribution in [0.5, 0.6) is 0 Å². The van der Waals surface area contributed by atoms with Gasteiger partial charge in [0, 0.05) is 25.5 Å². The number of nitrogens with zero attached hydrogens (tertiary/aromatic N) is 2. The highest BCUT2D eigenvalue weighted by Crippen LogP contribution is 2.16. The number of carbonyl (C=O) groups excluding carboxylic acids is 1. The number of amides is 1. The SMILES string of the molecule is O=C(NCN1CCC(C(=O)O)CC1)c1cccnc1. The number of hydrogen-bond donors (Lipinski definition) is 2. The third-order valence-corrected chi connectivity index (χ3v) is 3.32. The fraction of sp³-hybridized carbons (Fsp3) is 0.462. The average Bonchev–Trinajstić information content (AvgIpc) is 2.46. The van der Waals surface area contributed by atoms with Crippen molar-refractivity contribution in [1.82, 2.24) is 15.2 Å². The molecule has 1 aromatic heterocycles. The van der Waals surface area contributed by atoms with Crippen molar-refractivity contribution >= 4 is 11.9 Å². The second kappa shape index (κ2) is 6.29. The smallest absolute Gasteiger partial charge is 0.306 e. The number of carboxylic acid groups (broad SMARTS) is 1. The second-order valence-corrected chi connectivity index (χ2v) is 4.64. The van der Waals surface area contributed by atoms with Gasteiger partial charge in [0.1, 0.15) is 0 Å². The lowest BCUT2D eigenvalue weighted by atomic mass is 9.97. The normalized spacial score (nSPS) is 17.1. The predicted octanol–water partition coefficient (Wildman–Crippen LogP) is 0.565. The molecular weight excluding hydrogens is 246 g/mol. The number of pyridine rings is 1. The van der Waals surface area contributed by atoms with Gasteiger partial charge in [-0.05, 0) is 25.0 Å². The maximum absolute atomic E-state index is 11.8. The van der Waals surface area contributed by atoms with Crippen molar-refractivity contribution in [3.63, 3.8) is 0 Å². The number of aromatic nitrogens is 1. The molecule has 1 fully saturated rings. The van der Waals surface area contributed by atoms with Gasteiger partial charge in [0.05, 0.1) is 18.2 Å². The minimum absolute atomic E-state index is 0.159. The highest BCUT2D eigenvalue weighted by molar-refractivity contribution is 5.93. The van der Waals surface area contributed by atoms with Gasteiger partial charge in [-0.3, -0.25) is 19.5 Å². The van der Waals surface area contributed by atoms with Crippen molar-refractivity contribution in [2.45, 2.75) is 12.8 Å². The Balaban J connectivity index is 1.75. The summed E-state index contributed by atoms with van der Waals surface area (Å²) in [4.78, 5) is 28.5. The molecule has 6 heteroatoms. The molecule has 2 heterocycles. The summed E-state index contributed by atoms with van der Waals surface area (Å²) >= 11 is 0. The molecule has 102 valence electrons. The lowest BCUT2D eigenvalue weighted by Crippen LogP contribution is -2.43. The number of hydrogen-bond acceptors (Lipinski definition) is 4. The Hall–Kier alpha value is -1.95. The van der Waals surface area contributed by atoms with E-state index in [4.69, 9.17) is 5.11 Å². The first-order valence-electron chi connectivity index (χ1n) is 6.30. The summed E-state index contributed by atoms with van der Waals surface area (Å²) in [6, 6.07) is 3.42. The molecule has 0 radical (unpaired) electrons. The Kier molecular flexibility index (Phi) is 4.46. The van der Waals surface area contributed by atoms with E-state index in [0.717, 1.165) is 0 Å². The second-order valence-electron chi connectivity index (χ2n) is 4.64. The van der Waals surface area contributed by atoms with Crippen LogP contribution >= 0.6 is 0 Å². The summed E-state index contributed by atoms with van der Waals surface area (Å²) in [6.07, 6.45) is 4.41. The Morgan fingerprint density at radius 3 is 2.74 bits per heavy atom. The number of carbonyl (C=O) groups is 2. The van der Waals surface area contributed by atoms with Crippen molar-refractivity contribution in [3.05, 3.63) is 30.1 Å². The molecule has 2 rings (SSSR count). The molecule has 0 spiro atoms. The van der Waals surface area contributed by atoms with Crippen LogP contribution in [0.25, 0.3) is 0 Å². The third kappa shape index (κ3) is 3.75. The predicted molar refractivity (Wildman–Crippen MR) is 68.5 cm³/mol. The molecule has 0 aliphatic carbocycles. The fourth-order valence-corrected chi connectivity index (χ4v) is 2.12. The third-order valence-electron chi connectivity index (χ3n) is 3.32. The number of likely N-dealkylation sites (tertiary alicyclic amines) is 1. The van der Waals surface area contributed by atoms with Crippen molar-refractivity contribution < 1.29 is 14.7 Å². The Morgan fingerprint density at radius 1 is 1.42 bits per heavy atom. The zero-order valence-electron chi connectivity index (χ0n) is 10.6. The minimum atomic E-state index is -0.723.